The number of nitrogens with zero attached hydrogens (tertiary/aromatic N) is 3. The highest BCUT2D eigenvalue weighted by atomic mass is 16.2. The Hall–Kier alpha value is -2.63. The van der Waals surface area contributed by atoms with Crippen molar-refractivity contribution in [3.8, 4) is 0 Å². The summed E-state index contributed by atoms with van der Waals surface area (Å²) < 4.78 is 1.89. The molecule has 2 amide bonds. The number of aryl methyl sites for hydroxylation is 1. The highest BCUT2D eigenvalue weighted by Gasteiger charge is 2.33. The third-order valence-corrected chi connectivity index (χ3v) is 4.95. The number of carbonyl (C=O) groups excluding carboxylic acids is 2. The van der Waals surface area contributed by atoms with E-state index in [1.54, 1.807) is 17.4 Å². The molecule has 0 radical (unpaired) electrons. The van der Waals surface area contributed by atoms with Gasteiger partial charge in [0, 0.05) is 18.3 Å². The first kappa shape index (κ1) is 15.9. The number of amides is 2. The average Bonchev–Trinajstić information content (AvgIpc) is 3.33. The maximum atomic E-state index is 12.9. The van der Waals surface area contributed by atoms with Gasteiger partial charge in [0.2, 0.25) is 5.91 Å². The van der Waals surface area contributed by atoms with Crippen LogP contribution in [0.3, 0.4) is 0 Å². The van der Waals surface area contributed by atoms with Crippen LogP contribution in [0.1, 0.15) is 40.5 Å². The molecule has 6 heteroatoms. The SMILES string of the molecule is Cc1cccc(C(=O)N2Cc3cncn3C(C(=O)NCC3CC3)C2)c1. The summed E-state index contributed by atoms with van der Waals surface area (Å²) in [5.74, 6) is 0.545. The second-order valence-electron chi connectivity index (χ2n) is 7.05. The minimum absolute atomic E-state index is 0.0344. The van der Waals surface area contributed by atoms with E-state index in [-0.39, 0.29) is 11.8 Å². The minimum atomic E-state index is -0.418. The number of carbonyl (C=O) groups is 2. The fourth-order valence-electron chi connectivity index (χ4n) is 3.30. The molecule has 2 aliphatic rings. The van der Waals surface area contributed by atoms with Crippen LogP contribution in [0.2, 0.25) is 0 Å². The van der Waals surface area contributed by atoms with Gasteiger partial charge >= 0.3 is 0 Å². The lowest BCUT2D eigenvalue weighted by Gasteiger charge is -2.33. The van der Waals surface area contributed by atoms with Crippen LogP contribution in [-0.4, -0.2) is 39.4 Å². The van der Waals surface area contributed by atoms with E-state index in [2.05, 4.69) is 10.3 Å². The number of aromatic nitrogens is 2. The summed E-state index contributed by atoms with van der Waals surface area (Å²) in [5, 5.41) is 3.03. The first-order valence-corrected chi connectivity index (χ1v) is 8.76. The summed E-state index contributed by atoms with van der Waals surface area (Å²) in [7, 11) is 0. The van der Waals surface area contributed by atoms with Gasteiger partial charge in [0.1, 0.15) is 6.04 Å². The van der Waals surface area contributed by atoms with Crippen molar-refractivity contribution in [3.63, 3.8) is 0 Å². The first-order valence-electron chi connectivity index (χ1n) is 8.76. The Morgan fingerprint density at radius 2 is 2.16 bits per heavy atom. The van der Waals surface area contributed by atoms with Gasteiger partial charge in [-0.05, 0) is 37.8 Å². The van der Waals surface area contributed by atoms with Gasteiger partial charge in [-0.2, -0.15) is 0 Å². The minimum Gasteiger partial charge on any atom is -0.354 e. The van der Waals surface area contributed by atoms with E-state index in [9.17, 15) is 9.59 Å². The molecule has 1 aromatic heterocycles. The van der Waals surface area contributed by atoms with Crippen molar-refractivity contribution in [2.24, 2.45) is 5.92 Å². The van der Waals surface area contributed by atoms with Gasteiger partial charge in [-0.1, -0.05) is 17.7 Å². The van der Waals surface area contributed by atoms with Crippen molar-refractivity contribution in [2.75, 3.05) is 13.1 Å². The van der Waals surface area contributed by atoms with Gasteiger partial charge in [0.25, 0.3) is 5.91 Å². The van der Waals surface area contributed by atoms with Crippen LogP contribution in [0.25, 0.3) is 0 Å². The van der Waals surface area contributed by atoms with Crippen LogP contribution in [0.5, 0.6) is 0 Å². The van der Waals surface area contributed by atoms with Crippen molar-refractivity contribution in [2.45, 2.75) is 32.4 Å². The van der Waals surface area contributed by atoms with Crippen LogP contribution < -0.4 is 5.32 Å². The highest BCUT2D eigenvalue weighted by molar-refractivity contribution is 5.95. The molecule has 4 rings (SSSR count). The van der Waals surface area contributed by atoms with Crippen molar-refractivity contribution in [3.05, 3.63) is 53.6 Å². The number of nitrogens with one attached hydrogen (secondary N) is 1. The Labute approximate surface area is 146 Å². The molecule has 1 unspecified atom stereocenters. The molecule has 1 aliphatic carbocycles. The average molecular weight is 338 g/mol. The monoisotopic (exact) mass is 338 g/mol. The Balaban J connectivity index is 1.54. The van der Waals surface area contributed by atoms with Crippen LogP contribution >= 0.6 is 0 Å². The Kier molecular flexibility index (Phi) is 4.03. The molecule has 25 heavy (non-hydrogen) atoms. The van der Waals surface area contributed by atoms with Gasteiger partial charge in [-0.15, -0.1) is 0 Å². The van der Waals surface area contributed by atoms with Crippen molar-refractivity contribution < 1.29 is 9.59 Å². The lowest BCUT2D eigenvalue weighted by molar-refractivity contribution is -0.125. The van der Waals surface area contributed by atoms with Crippen LogP contribution in [0.15, 0.2) is 36.8 Å². The smallest absolute Gasteiger partial charge is 0.254 e. The zero-order valence-corrected chi connectivity index (χ0v) is 14.3. The number of benzene rings is 1. The zero-order chi connectivity index (χ0) is 17.4. The lowest BCUT2D eigenvalue weighted by Crippen LogP contribution is -2.46. The number of fused-ring (bicyclic) bond motifs is 1. The number of rotatable bonds is 4. The molecule has 0 saturated heterocycles. The van der Waals surface area contributed by atoms with Gasteiger partial charge in [0.05, 0.1) is 25.1 Å². The second-order valence-corrected chi connectivity index (χ2v) is 7.05. The normalized spacial score (nSPS) is 19.4. The molecule has 2 aromatic rings. The molecule has 6 nitrogen and oxygen atoms in total. The third-order valence-electron chi connectivity index (χ3n) is 4.95. The molecule has 0 bridgehead atoms. The third kappa shape index (κ3) is 3.29. The molecular weight excluding hydrogens is 316 g/mol. The van der Waals surface area contributed by atoms with E-state index in [0.717, 1.165) is 17.8 Å². The molecule has 1 atom stereocenters. The maximum Gasteiger partial charge on any atom is 0.254 e. The van der Waals surface area contributed by atoms with E-state index in [1.807, 2.05) is 35.8 Å². The van der Waals surface area contributed by atoms with Crippen LogP contribution in [0, 0.1) is 12.8 Å². The fraction of sp³-hybridized carbons (Fsp3) is 0.421. The summed E-state index contributed by atoms with van der Waals surface area (Å²) in [6, 6.07) is 7.14. The predicted octanol–water partition coefficient (Wildman–Crippen LogP) is 1.91. The second kappa shape index (κ2) is 6.35. The summed E-state index contributed by atoms with van der Waals surface area (Å²) in [6.45, 7) is 3.53. The fourth-order valence-corrected chi connectivity index (χ4v) is 3.30. The Bertz CT molecular complexity index is 809. The van der Waals surface area contributed by atoms with Gasteiger partial charge in [-0.3, -0.25) is 9.59 Å². The number of imidazole rings is 1. The van der Waals surface area contributed by atoms with Gasteiger partial charge in [0.15, 0.2) is 0 Å². The summed E-state index contributed by atoms with van der Waals surface area (Å²) >= 11 is 0. The molecule has 1 saturated carbocycles. The van der Waals surface area contributed by atoms with Gasteiger partial charge < -0.3 is 14.8 Å². The van der Waals surface area contributed by atoms with E-state index in [0.29, 0.717) is 24.6 Å². The van der Waals surface area contributed by atoms with E-state index in [4.69, 9.17) is 0 Å². The maximum absolute atomic E-state index is 12.9. The molecular formula is C19H22N4O2. The molecule has 1 N–H and O–H groups in total. The van der Waals surface area contributed by atoms with Crippen LogP contribution in [-0.2, 0) is 11.3 Å². The number of hydrogen-bond acceptors (Lipinski definition) is 3. The van der Waals surface area contributed by atoms with Crippen molar-refractivity contribution in [1.82, 2.24) is 19.8 Å². The largest absolute Gasteiger partial charge is 0.354 e. The molecule has 1 aliphatic heterocycles. The lowest BCUT2D eigenvalue weighted by atomic mass is 10.1. The Morgan fingerprint density at radius 1 is 1.32 bits per heavy atom. The van der Waals surface area contributed by atoms with Crippen LogP contribution in [0.4, 0.5) is 0 Å². The van der Waals surface area contributed by atoms with Gasteiger partial charge in [-0.25, -0.2) is 4.98 Å². The highest BCUT2D eigenvalue weighted by Crippen LogP contribution is 2.28. The molecule has 130 valence electrons. The van der Waals surface area contributed by atoms with E-state index >= 15 is 0 Å². The Morgan fingerprint density at radius 3 is 2.92 bits per heavy atom. The number of hydrogen-bond donors (Lipinski definition) is 1. The zero-order valence-electron chi connectivity index (χ0n) is 14.3. The standard InChI is InChI=1S/C19H22N4O2/c1-13-3-2-4-15(7-13)19(25)22-10-16-9-20-12-23(16)17(11-22)18(24)21-8-14-5-6-14/h2-4,7,9,12,14,17H,5-6,8,10-11H2,1H3,(H,21,24). The van der Waals surface area contributed by atoms with E-state index < -0.39 is 6.04 Å². The molecule has 2 heterocycles. The quantitative estimate of drug-likeness (QED) is 0.926. The molecule has 1 fully saturated rings. The molecule has 0 spiro atoms. The first-order chi connectivity index (χ1) is 12.1. The van der Waals surface area contributed by atoms with Crippen molar-refractivity contribution >= 4 is 11.8 Å². The van der Waals surface area contributed by atoms with Crippen molar-refractivity contribution in [1.29, 1.82) is 0 Å². The topological polar surface area (TPSA) is 67.2 Å². The summed E-state index contributed by atoms with van der Waals surface area (Å²) in [4.78, 5) is 31.5. The summed E-state index contributed by atoms with van der Waals surface area (Å²) in [5.41, 5.74) is 2.59. The van der Waals surface area contributed by atoms with E-state index in [1.165, 1.54) is 12.8 Å². The predicted molar refractivity (Wildman–Crippen MR) is 92.9 cm³/mol. The molecule has 1 aromatic carbocycles. The summed E-state index contributed by atoms with van der Waals surface area (Å²) in [6.07, 6.45) is 5.81.